The van der Waals surface area contributed by atoms with Crippen LogP contribution in [0.15, 0.2) is 18.2 Å². The first-order valence-electron chi connectivity index (χ1n) is 5.46. The third-order valence-electron chi connectivity index (χ3n) is 2.10. The molecule has 0 heterocycles. The van der Waals surface area contributed by atoms with Crippen molar-refractivity contribution in [2.24, 2.45) is 0 Å². The minimum absolute atomic E-state index is 0.0424. The van der Waals surface area contributed by atoms with E-state index in [1.165, 1.54) is 25.1 Å². The van der Waals surface area contributed by atoms with Gasteiger partial charge in [-0.05, 0) is 24.6 Å². The van der Waals surface area contributed by atoms with Crippen LogP contribution in [0.1, 0.15) is 19.8 Å². The number of benzene rings is 1. The van der Waals surface area contributed by atoms with Gasteiger partial charge in [-0.3, -0.25) is 9.59 Å². The first kappa shape index (κ1) is 14.4. The van der Waals surface area contributed by atoms with Gasteiger partial charge in [0.05, 0.1) is 5.69 Å². The minimum Gasteiger partial charge on any atom is -0.326 e. The van der Waals surface area contributed by atoms with Crippen LogP contribution < -0.4 is 10.6 Å². The molecule has 2 N–H and O–H groups in total. The van der Waals surface area contributed by atoms with Crippen molar-refractivity contribution in [3.05, 3.63) is 24.0 Å². The van der Waals surface area contributed by atoms with Crippen molar-refractivity contribution in [3.8, 4) is 0 Å². The van der Waals surface area contributed by atoms with Crippen molar-refractivity contribution in [1.82, 2.24) is 0 Å². The Bertz CT molecular complexity index is 452. The van der Waals surface area contributed by atoms with E-state index < -0.39 is 5.82 Å². The fourth-order valence-electron chi connectivity index (χ4n) is 1.34. The number of amides is 2. The average molecular weight is 273 g/mol. The van der Waals surface area contributed by atoms with Crippen LogP contribution in [0, 0.1) is 5.82 Å². The molecular formula is C12H14ClFN2O2. The van der Waals surface area contributed by atoms with Crippen LogP contribution in [0.25, 0.3) is 0 Å². The van der Waals surface area contributed by atoms with E-state index in [4.69, 9.17) is 11.6 Å². The fourth-order valence-corrected chi connectivity index (χ4v) is 1.48. The summed E-state index contributed by atoms with van der Waals surface area (Å²) in [6, 6.07) is 3.98. The number of carbonyl (C=O) groups is 2. The lowest BCUT2D eigenvalue weighted by Crippen LogP contribution is -2.13. The normalized spacial score (nSPS) is 9.94. The zero-order valence-corrected chi connectivity index (χ0v) is 10.7. The molecule has 18 heavy (non-hydrogen) atoms. The van der Waals surface area contributed by atoms with Crippen molar-refractivity contribution in [2.75, 3.05) is 16.5 Å². The topological polar surface area (TPSA) is 58.2 Å². The van der Waals surface area contributed by atoms with Gasteiger partial charge in [0.15, 0.2) is 0 Å². The van der Waals surface area contributed by atoms with Crippen LogP contribution in [-0.2, 0) is 9.59 Å². The Hall–Kier alpha value is -1.62. The molecule has 0 spiro atoms. The Kier molecular flexibility index (Phi) is 5.58. The Morgan fingerprint density at radius 2 is 2.06 bits per heavy atom. The highest BCUT2D eigenvalue weighted by molar-refractivity contribution is 6.18. The number of hydrogen-bond acceptors (Lipinski definition) is 2. The smallest absolute Gasteiger partial charge is 0.224 e. The highest BCUT2D eigenvalue weighted by atomic mass is 35.5. The van der Waals surface area contributed by atoms with E-state index in [1.54, 1.807) is 0 Å². The molecular weight excluding hydrogens is 259 g/mol. The molecule has 0 radical (unpaired) electrons. The second kappa shape index (κ2) is 6.96. The van der Waals surface area contributed by atoms with Gasteiger partial charge in [-0.2, -0.15) is 0 Å². The van der Waals surface area contributed by atoms with E-state index in [0.29, 0.717) is 18.0 Å². The summed E-state index contributed by atoms with van der Waals surface area (Å²) in [5.41, 5.74) is 0.470. The molecule has 0 saturated heterocycles. The Morgan fingerprint density at radius 1 is 1.33 bits per heavy atom. The summed E-state index contributed by atoms with van der Waals surface area (Å²) >= 11 is 5.46. The molecule has 1 aromatic rings. The van der Waals surface area contributed by atoms with Crippen molar-refractivity contribution in [1.29, 1.82) is 0 Å². The van der Waals surface area contributed by atoms with Crippen molar-refractivity contribution < 1.29 is 14.0 Å². The maximum Gasteiger partial charge on any atom is 0.224 e. The summed E-state index contributed by atoms with van der Waals surface area (Å²) in [5, 5.41) is 4.95. The summed E-state index contributed by atoms with van der Waals surface area (Å²) in [4.78, 5) is 22.3. The van der Waals surface area contributed by atoms with Crippen molar-refractivity contribution in [3.63, 3.8) is 0 Å². The Morgan fingerprint density at radius 3 is 2.67 bits per heavy atom. The zero-order valence-electron chi connectivity index (χ0n) is 9.93. The van der Waals surface area contributed by atoms with E-state index in [-0.39, 0.29) is 23.9 Å². The lowest BCUT2D eigenvalue weighted by Gasteiger charge is -2.08. The van der Waals surface area contributed by atoms with Crippen LogP contribution in [0.3, 0.4) is 0 Å². The molecule has 0 aliphatic carbocycles. The highest BCUT2D eigenvalue weighted by Crippen LogP contribution is 2.20. The largest absolute Gasteiger partial charge is 0.326 e. The van der Waals surface area contributed by atoms with Gasteiger partial charge < -0.3 is 10.6 Å². The third-order valence-corrected chi connectivity index (χ3v) is 2.37. The SMILES string of the molecule is CC(=O)Nc1ccc(F)c(NC(=O)CCCCl)c1. The minimum atomic E-state index is -0.552. The number of anilines is 2. The molecule has 0 saturated carbocycles. The molecule has 0 atom stereocenters. The summed E-state index contributed by atoms with van der Waals surface area (Å²) in [6.45, 7) is 1.35. The first-order chi connectivity index (χ1) is 8.52. The number of alkyl halides is 1. The van der Waals surface area contributed by atoms with Crippen LogP contribution in [0.4, 0.5) is 15.8 Å². The summed E-state index contributed by atoms with van der Waals surface area (Å²) < 4.78 is 13.4. The van der Waals surface area contributed by atoms with Gasteiger partial charge in [-0.15, -0.1) is 11.6 Å². The summed E-state index contributed by atoms with van der Waals surface area (Å²) in [6.07, 6.45) is 0.758. The van der Waals surface area contributed by atoms with E-state index >= 15 is 0 Å². The van der Waals surface area contributed by atoms with E-state index in [0.717, 1.165) is 0 Å². The number of halogens is 2. The van der Waals surface area contributed by atoms with Gasteiger partial charge in [-0.25, -0.2) is 4.39 Å². The molecule has 0 aliphatic heterocycles. The van der Waals surface area contributed by atoms with Gasteiger partial charge in [0, 0.05) is 24.9 Å². The Labute approximate surface area is 110 Å². The van der Waals surface area contributed by atoms with Crippen LogP contribution in [-0.4, -0.2) is 17.7 Å². The molecule has 98 valence electrons. The molecule has 6 heteroatoms. The van der Waals surface area contributed by atoms with Gasteiger partial charge >= 0.3 is 0 Å². The second-order valence-electron chi connectivity index (χ2n) is 3.72. The molecule has 2 amide bonds. The lowest BCUT2D eigenvalue weighted by atomic mass is 10.2. The maximum atomic E-state index is 13.4. The van der Waals surface area contributed by atoms with Gasteiger partial charge in [0.2, 0.25) is 11.8 Å². The maximum absolute atomic E-state index is 13.4. The summed E-state index contributed by atoms with van der Waals surface area (Å²) in [5.74, 6) is -0.749. The van der Waals surface area contributed by atoms with Crippen LogP contribution in [0.5, 0.6) is 0 Å². The second-order valence-corrected chi connectivity index (χ2v) is 4.09. The Balaban J connectivity index is 2.74. The van der Waals surface area contributed by atoms with E-state index in [9.17, 15) is 14.0 Å². The number of hydrogen-bond donors (Lipinski definition) is 2. The molecule has 1 aromatic carbocycles. The highest BCUT2D eigenvalue weighted by Gasteiger charge is 2.08. The van der Waals surface area contributed by atoms with Gasteiger partial charge in [0.1, 0.15) is 5.82 Å². The molecule has 4 nitrogen and oxygen atoms in total. The summed E-state index contributed by atoms with van der Waals surface area (Å²) in [7, 11) is 0. The average Bonchev–Trinajstić information content (AvgIpc) is 2.30. The standard InChI is InChI=1S/C12H14ClFN2O2/c1-8(17)15-9-4-5-10(14)11(7-9)16-12(18)3-2-6-13/h4-5,7H,2-3,6H2,1H3,(H,15,17)(H,16,18). The van der Waals surface area contributed by atoms with Crippen LogP contribution >= 0.6 is 11.6 Å². The van der Waals surface area contributed by atoms with Crippen LogP contribution in [0.2, 0.25) is 0 Å². The van der Waals surface area contributed by atoms with E-state index in [1.807, 2.05) is 0 Å². The van der Waals surface area contributed by atoms with Crippen molar-refractivity contribution in [2.45, 2.75) is 19.8 Å². The molecule has 0 bridgehead atoms. The number of rotatable bonds is 5. The van der Waals surface area contributed by atoms with Crippen molar-refractivity contribution >= 4 is 34.8 Å². The molecule has 0 aromatic heterocycles. The third kappa shape index (κ3) is 4.71. The van der Waals surface area contributed by atoms with E-state index in [2.05, 4.69) is 10.6 Å². The predicted molar refractivity (Wildman–Crippen MR) is 69.3 cm³/mol. The number of nitrogens with one attached hydrogen (secondary N) is 2. The molecule has 0 fully saturated rings. The monoisotopic (exact) mass is 272 g/mol. The van der Waals surface area contributed by atoms with Gasteiger partial charge in [0.25, 0.3) is 0 Å². The van der Waals surface area contributed by atoms with Gasteiger partial charge in [-0.1, -0.05) is 0 Å². The zero-order chi connectivity index (χ0) is 13.5. The molecule has 0 unspecified atom stereocenters. The molecule has 1 rings (SSSR count). The first-order valence-corrected chi connectivity index (χ1v) is 5.99. The fraction of sp³-hybridized carbons (Fsp3) is 0.333. The quantitative estimate of drug-likeness (QED) is 0.810. The number of carbonyl (C=O) groups excluding carboxylic acids is 2. The lowest BCUT2D eigenvalue weighted by molar-refractivity contribution is -0.116. The predicted octanol–water partition coefficient (Wildman–Crippen LogP) is 2.74. The molecule has 0 aliphatic rings.